The van der Waals surface area contributed by atoms with Gasteiger partial charge in [-0.15, -0.1) is 0 Å². The SMILES string of the molecule is CC(Nc1cc(C#N)ccc1Cl)c1ccc2c(c1)OCO2. The van der Waals surface area contributed by atoms with Crippen LogP contribution in [-0.2, 0) is 0 Å². The van der Waals surface area contributed by atoms with Crippen LogP contribution in [0.3, 0.4) is 0 Å². The highest BCUT2D eigenvalue weighted by Crippen LogP contribution is 2.35. The fourth-order valence-corrected chi connectivity index (χ4v) is 2.38. The van der Waals surface area contributed by atoms with E-state index in [-0.39, 0.29) is 12.8 Å². The van der Waals surface area contributed by atoms with Gasteiger partial charge < -0.3 is 14.8 Å². The predicted molar refractivity (Wildman–Crippen MR) is 80.8 cm³/mol. The molecule has 0 bridgehead atoms. The van der Waals surface area contributed by atoms with Gasteiger partial charge in [0.1, 0.15) is 0 Å². The first-order valence-electron chi connectivity index (χ1n) is 6.53. The molecule has 1 aliphatic heterocycles. The van der Waals surface area contributed by atoms with Gasteiger partial charge in [0.15, 0.2) is 11.5 Å². The van der Waals surface area contributed by atoms with E-state index in [1.807, 2.05) is 25.1 Å². The van der Waals surface area contributed by atoms with Crippen molar-refractivity contribution in [2.24, 2.45) is 0 Å². The van der Waals surface area contributed by atoms with Crippen molar-refractivity contribution in [2.75, 3.05) is 12.1 Å². The Morgan fingerprint density at radius 2 is 2.00 bits per heavy atom. The molecule has 21 heavy (non-hydrogen) atoms. The molecule has 0 saturated carbocycles. The second-order valence-electron chi connectivity index (χ2n) is 4.79. The highest BCUT2D eigenvalue weighted by molar-refractivity contribution is 6.33. The first-order chi connectivity index (χ1) is 10.2. The predicted octanol–water partition coefficient (Wildman–Crippen LogP) is 4.11. The van der Waals surface area contributed by atoms with Crippen molar-refractivity contribution in [1.82, 2.24) is 0 Å². The first-order valence-corrected chi connectivity index (χ1v) is 6.91. The molecule has 1 atom stereocenters. The summed E-state index contributed by atoms with van der Waals surface area (Å²) < 4.78 is 10.7. The van der Waals surface area contributed by atoms with E-state index in [0.29, 0.717) is 10.6 Å². The van der Waals surface area contributed by atoms with Crippen LogP contribution in [0.1, 0.15) is 24.1 Å². The summed E-state index contributed by atoms with van der Waals surface area (Å²) >= 11 is 6.16. The van der Waals surface area contributed by atoms with Gasteiger partial charge in [-0.3, -0.25) is 0 Å². The van der Waals surface area contributed by atoms with Gasteiger partial charge in [-0.05, 0) is 42.8 Å². The molecule has 1 heterocycles. The molecule has 2 aromatic carbocycles. The third-order valence-corrected chi connectivity index (χ3v) is 3.69. The van der Waals surface area contributed by atoms with Crippen molar-refractivity contribution in [3.05, 3.63) is 52.5 Å². The quantitative estimate of drug-likeness (QED) is 0.926. The summed E-state index contributed by atoms with van der Waals surface area (Å²) in [5.74, 6) is 1.51. The van der Waals surface area contributed by atoms with E-state index < -0.39 is 0 Å². The number of benzene rings is 2. The average molecular weight is 301 g/mol. The van der Waals surface area contributed by atoms with Crippen molar-refractivity contribution >= 4 is 17.3 Å². The average Bonchev–Trinajstić information content (AvgIpc) is 2.96. The molecule has 106 valence electrons. The number of hydrogen-bond donors (Lipinski definition) is 1. The van der Waals surface area contributed by atoms with Crippen molar-refractivity contribution in [3.8, 4) is 17.6 Å². The molecule has 4 nitrogen and oxygen atoms in total. The van der Waals surface area contributed by atoms with Gasteiger partial charge in [0.25, 0.3) is 0 Å². The maximum Gasteiger partial charge on any atom is 0.231 e. The maximum atomic E-state index is 8.96. The molecule has 1 N–H and O–H groups in total. The number of anilines is 1. The van der Waals surface area contributed by atoms with Gasteiger partial charge in [0, 0.05) is 6.04 Å². The number of fused-ring (bicyclic) bond motifs is 1. The van der Waals surface area contributed by atoms with Crippen LogP contribution in [0.2, 0.25) is 5.02 Å². The van der Waals surface area contributed by atoms with Crippen LogP contribution in [0, 0.1) is 11.3 Å². The van der Waals surface area contributed by atoms with Crippen LogP contribution in [0.4, 0.5) is 5.69 Å². The highest BCUT2D eigenvalue weighted by atomic mass is 35.5. The summed E-state index contributed by atoms with van der Waals surface area (Å²) in [6, 6.07) is 13.1. The third-order valence-electron chi connectivity index (χ3n) is 3.36. The normalized spacial score (nSPS) is 13.6. The van der Waals surface area contributed by atoms with Crippen LogP contribution < -0.4 is 14.8 Å². The Morgan fingerprint density at radius 1 is 1.19 bits per heavy atom. The number of hydrogen-bond acceptors (Lipinski definition) is 4. The minimum absolute atomic E-state index is 0.0194. The van der Waals surface area contributed by atoms with Crippen LogP contribution in [0.5, 0.6) is 11.5 Å². The topological polar surface area (TPSA) is 54.3 Å². The van der Waals surface area contributed by atoms with E-state index in [2.05, 4.69) is 11.4 Å². The summed E-state index contributed by atoms with van der Waals surface area (Å²) in [4.78, 5) is 0. The Morgan fingerprint density at radius 3 is 2.81 bits per heavy atom. The summed E-state index contributed by atoms with van der Waals surface area (Å²) in [5, 5.41) is 12.9. The summed E-state index contributed by atoms with van der Waals surface area (Å²) in [7, 11) is 0. The van der Waals surface area contributed by atoms with E-state index in [4.69, 9.17) is 26.3 Å². The molecule has 0 spiro atoms. The molecule has 0 aromatic heterocycles. The molecule has 0 radical (unpaired) electrons. The van der Waals surface area contributed by atoms with Crippen molar-refractivity contribution < 1.29 is 9.47 Å². The molecular weight excluding hydrogens is 288 g/mol. The van der Waals surface area contributed by atoms with Gasteiger partial charge in [0.05, 0.1) is 22.3 Å². The van der Waals surface area contributed by atoms with Crippen LogP contribution in [-0.4, -0.2) is 6.79 Å². The van der Waals surface area contributed by atoms with E-state index in [9.17, 15) is 0 Å². The second-order valence-corrected chi connectivity index (χ2v) is 5.19. The molecule has 0 saturated heterocycles. The Labute approximate surface area is 127 Å². The molecule has 2 aromatic rings. The number of nitriles is 1. The molecule has 5 heteroatoms. The smallest absolute Gasteiger partial charge is 0.231 e. The van der Waals surface area contributed by atoms with Gasteiger partial charge >= 0.3 is 0 Å². The maximum absolute atomic E-state index is 8.96. The third kappa shape index (κ3) is 2.74. The molecule has 0 fully saturated rings. The number of nitrogens with one attached hydrogen (secondary N) is 1. The Balaban J connectivity index is 1.83. The van der Waals surface area contributed by atoms with Crippen molar-refractivity contribution in [2.45, 2.75) is 13.0 Å². The Bertz CT molecular complexity index is 725. The lowest BCUT2D eigenvalue weighted by Gasteiger charge is -2.17. The molecule has 1 aliphatic rings. The molecule has 0 aliphatic carbocycles. The van der Waals surface area contributed by atoms with Gasteiger partial charge in [-0.1, -0.05) is 17.7 Å². The van der Waals surface area contributed by atoms with E-state index >= 15 is 0 Å². The first kappa shape index (κ1) is 13.6. The lowest BCUT2D eigenvalue weighted by molar-refractivity contribution is 0.174. The van der Waals surface area contributed by atoms with E-state index in [0.717, 1.165) is 22.7 Å². The fraction of sp³-hybridized carbons (Fsp3) is 0.188. The summed E-state index contributed by atoms with van der Waals surface area (Å²) in [6.07, 6.45) is 0. The standard InChI is InChI=1S/C16H13ClN2O2/c1-10(12-3-5-15-16(7-12)21-9-20-15)19-14-6-11(8-18)2-4-13(14)17/h2-7,10,19H,9H2,1H3. The van der Waals surface area contributed by atoms with E-state index in [1.54, 1.807) is 18.2 Å². The minimum Gasteiger partial charge on any atom is -0.454 e. The monoisotopic (exact) mass is 300 g/mol. The van der Waals surface area contributed by atoms with E-state index in [1.165, 1.54) is 0 Å². The lowest BCUT2D eigenvalue weighted by Crippen LogP contribution is -2.07. The molecule has 1 unspecified atom stereocenters. The summed E-state index contributed by atoms with van der Waals surface area (Å²) in [6.45, 7) is 2.28. The number of nitrogens with zero attached hydrogens (tertiary/aromatic N) is 1. The molecular formula is C16H13ClN2O2. The lowest BCUT2D eigenvalue weighted by atomic mass is 10.1. The number of rotatable bonds is 3. The summed E-state index contributed by atoms with van der Waals surface area (Å²) in [5.41, 5.74) is 2.36. The van der Waals surface area contributed by atoms with Gasteiger partial charge in [-0.2, -0.15) is 5.26 Å². The zero-order chi connectivity index (χ0) is 14.8. The van der Waals surface area contributed by atoms with Crippen LogP contribution in [0.25, 0.3) is 0 Å². The van der Waals surface area contributed by atoms with Crippen LogP contribution >= 0.6 is 11.6 Å². The van der Waals surface area contributed by atoms with Gasteiger partial charge in [0.2, 0.25) is 6.79 Å². The molecule has 0 amide bonds. The molecule has 3 rings (SSSR count). The Hall–Kier alpha value is -2.38. The highest BCUT2D eigenvalue weighted by Gasteiger charge is 2.16. The van der Waals surface area contributed by atoms with Crippen molar-refractivity contribution in [1.29, 1.82) is 5.26 Å². The van der Waals surface area contributed by atoms with Crippen LogP contribution in [0.15, 0.2) is 36.4 Å². The number of ether oxygens (including phenoxy) is 2. The Kier molecular flexibility index (Phi) is 3.59. The zero-order valence-electron chi connectivity index (χ0n) is 11.4. The number of halogens is 1. The zero-order valence-corrected chi connectivity index (χ0v) is 12.1. The second kappa shape index (κ2) is 5.55. The van der Waals surface area contributed by atoms with Crippen molar-refractivity contribution in [3.63, 3.8) is 0 Å². The largest absolute Gasteiger partial charge is 0.454 e. The minimum atomic E-state index is 0.0194. The fourth-order valence-electron chi connectivity index (χ4n) is 2.20. The van der Waals surface area contributed by atoms with Gasteiger partial charge in [-0.25, -0.2) is 0 Å².